The van der Waals surface area contributed by atoms with Gasteiger partial charge in [0.2, 0.25) is 5.13 Å². The van der Waals surface area contributed by atoms with Crippen LogP contribution in [-0.2, 0) is 6.54 Å². The van der Waals surface area contributed by atoms with Crippen molar-refractivity contribution in [2.45, 2.75) is 13.5 Å². The number of hydrogen-bond acceptors (Lipinski definition) is 5. The minimum atomic E-state index is 0.758. The number of benzene rings is 3. The summed E-state index contributed by atoms with van der Waals surface area (Å²) in [5, 5.41) is 8.63. The van der Waals surface area contributed by atoms with E-state index in [0.717, 1.165) is 40.0 Å². The quantitative estimate of drug-likeness (QED) is 0.222. The summed E-state index contributed by atoms with van der Waals surface area (Å²) < 4.78 is 7.51. The maximum Gasteiger partial charge on any atom is 0.203 e. The maximum absolute atomic E-state index is 5.23. The molecule has 0 spiro atoms. The summed E-state index contributed by atoms with van der Waals surface area (Å²) in [7, 11) is 1.67. The average Bonchev–Trinajstić information content (AvgIpc) is 3.49. The Morgan fingerprint density at radius 1 is 1.00 bits per heavy atom. The van der Waals surface area contributed by atoms with Crippen molar-refractivity contribution in [3.05, 3.63) is 102 Å². The molecule has 0 fully saturated rings. The van der Waals surface area contributed by atoms with E-state index in [4.69, 9.17) is 4.74 Å². The van der Waals surface area contributed by atoms with Crippen LogP contribution in [0.2, 0.25) is 0 Å². The van der Waals surface area contributed by atoms with Crippen LogP contribution in [0.5, 0.6) is 5.75 Å². The molecule has 0 unspecified atom stereocenters. The van der Waals surface area contributed by atoms with Gasteiger partial charge >= 0.3 is 0 Å². The van der Waals surface area contributed by atoms with Crippen LogP contribution in [-0.4, -0.2) is 22.4 Å². The first-order valence-corrected chi connectivity index (χ1v) is 11.6. The van der Waals surface area contributed by atoms with E-state index in [9.17, 15) is 0 Å². The van der Waals surface area contributed by atoms with E-state index in [0.29, 0.717) is 0 Å². The highest BCUT2D eigenvalue weighted by Crippen LogP contribution is 2.27. The third-order valence-electron chi connectivity index (χ3n) is 5.58. The largest absolute Gasteiger partial charge is 0.497 e. The molecule has 0 atom stereocenters. The summed E-state index contributed by atoms with van der Waals surface area (Å²) in [6, 6.07) is 26.9. The maximum atomic E-state index is 5.23. The molecule has 0 aliphatic heterocycles. The number of nitrogens with zero attached hydrogens (tertiary/aromatic N) is 3. The molecule has 164 valence electrons. The number of methoxy groups -OCH3 is 1. The Hall–Kier alpha value is -3.90. The fraction of sp³-hybridized carbons (Fsp3) is 0.111. The number of aromatic nitrogens is 2. The number of ether oxygens (including phenoxy) is 1. The second kappa shape index (κ2) is 9.30. The molecule has 0 amide bonds. The standard InChI is InChI=1S/C27H24N4OS/c1-19(29-30-27-28-25(18-33-27)21-12-14-22(32-2)15-13-21)24-17-31(16-20-8-4-3-5-9-20)26-11-7-6-10-23(24)26/h3-15,17-18H,16H2,1-2H3,(H,28,30)/b29-19-. The van der Waals surface area contributed by atoms with Gasteiger partial charge in [-0.3, -0.25) is 5.43 Å². The summed E-state index contributed by atoms with van der Waals surface area (Å²) in [4.78, 5) is 4.68. The zero-order chi connectivity index (χ0) is 22.6. The van der Waals surface area contributed by atoms with Gasteiger partial charge in [-0.2, -0.15) is 5.10 Å². The minimum Gasteiger partial charge on any atom is -0.497 e. The van der Waals surface area contributed by atoms with Crippen molar-refractivity contribution in [2.24, 2.45) is 5.10 Å². The third kappa shape index (κ3) is 4.52. The molecule has 0 aliphatic carbocycles. The number of rotatable bonds is 7. The second-order valence-electron chi connectivity index (χ2n) is 7.75. The van der Waals surface area contributed by atoms with Crippen molar-refractivity contribution < 1.29 is 4.74 Å². The molecule has 5 nitrogen and oxygen atoms in total. The minimum absolute atomic E-state index is 0.758. The normalized spacial score (nSPS) is 11.6. The first kappa shape index (κ1) is 21.0. The highest BCUT2D eigenvalue weighted by Gasteiger charge is 2.11. The molecule has 1 N–H and O–H groups in total. The van der Waals surface area contributed by atoms with E-state index in [2.05, 4.69) is 74.8 Å². The monoisotopic (exact) mass is 452 g/mol. The Balaban J connectivity index is 1.38. The van der Waals surface area contributed by atoms with Crippen LogP contribution in [0.15, 0.2) is 95.5 Å². The van der Waals surface area contributed by atoms with Crippen LogP contribution >= 0.6 is 11.3 Å². The Morgan fingerprint density at radius 3 is 2.55 bits per heavy atom. The van der Waals surface area contributed by atoms with E-state index in [1.165, 1.54) is 27.8 Å². The zero-order valence-electron chi connectivity index (χ0n) is 18.5. The molecule has 5 rings (SSSR count). The molecule has 0 bridgehead atoms. The smallest absolute Gasteiger partial charge is 0.203 e. The lowest BCUT2D eigenvalue weighted by Crippen LogP contribution is -2.00. The predicted octanol–water partition coefficient (Wildman–Crippen LogP) is 6.66. The molecule has 33 heavy (non-hydrogen) atoms. The molecule has 0 saturated carbocycles. The number of hydrazone groups is 1. The molecule has 6 heteroatoms. The van der Waals surface area contributed by atoms with Gasteiger partial charge in [-0.1, -0.05) is 48.5 Å². The Labute approximate surface area is 197 Å². The molecular formula is C27H24N4OS. The van der Waals surface area contributed by atoms with Crippen molar-refractivity contribution in [2.75, 3.05) is 12.5 Å². The summed E-state index contributed by atoms with van der Waals surface area (Å²) in [6.45, 7) is 2.85. The van der Waals surface area contributed by atoms with Gasteiger partial charge in [0.25, 0.3) is 0 Å². The van der Waals surface area contributed by atoms with E-state index in [1.54, 1.807) is 7.11 Å². The van der Waals surface area contributed by atoms with E-state index in [1.807, 2.05) is 42.6 Å². The first-order chi connectivity index (χ1) is 16.2. The topological polar surface area (TPSA) is 51.4 Å². The van der Waals surface area contributed by atoms with Crippen molar-refractivity contribution in [1.29, 1.82) is 0 Å². The van der Waals surface area contributed by atoms with Gasteiger partial charge in [-0.15, -0.1) is 11.3 Å². The Bertz CT molecular complexity index is 1400. The van der Waals surface area contributed by atoms with Gasteiger partial charge in [0, 0.05) is 40.2 Å². The van der Waals surface area contributed by atoms with Crippen LogP contribution < -0.4 is 10.2 Å². The summed E-state index contributed by atoms with van der Waals surface area (Å²) in [5.74, 6) is 0.832. The van der Waals surface area contributed by atoms with Gasteiger partial charge in [-0.25, -0.2) is 4.98 Å². The number of para-hydroxylation sites is 1. The molecule has 2 heterocycles. The molecule has 3 aromatic carbocycles. The van der Waals surface area contributed by atoms with Crippen LogP contribution in [0.3, 0.4) is 0 Å². The van der Waals surface area contributed by atoms with Crippen molar-refractivity contribution >= 4 is 33.1 Å². The first-order valence-electron chi connectivity index (χ1n) is 10.7. The fourth-order valence-electron chi connectivity index (χ4n) is 3.86. The lowest BCUT2D eigenvalue weighted by atomic mass is 10.1. The number of hydrogen-bond donors (Lipinski definition) is 1. The van der Waals surface area contributed by atoms with Crippen molar-refractivity contribution in [3.63, 3.8) is 0 Å². The van der Waals surface area contributed by atoms with E-state index >= 15 is 0 Å². The van der Waals surface area contributed by atoms with Gasteiger partial charge < -0.3 is 9.30 Å². The highest BCUT2D eigenvalue weighted by atomic mass is 32.1. The second-order valence-corrected chi connectivity index (χ2v) is 8.61. The van der Waals surface area contributed by atoms with Crippen molar-refractivity contribution in [3.8, 4) is 17.0 Å². The fourth-order valence-corrected chi connectivity index (χ4v) is 4.52. The zero-order valence-corrected chi connectivity index (χ0v) is 19.3. The van der Waals surface area contributed by atoms with E-state index < -0.39 is 0 Å². The van der Waals surface area contributed by atoms with Gasteiger partial charge in [0.15, 0.2) is 0 Å². The van der Waals surface area contributed by atoms with Crippen LogP contribution in [0.4, 0.5) is 5.13 Å². The molecular weight excluding hydrogens is 428 g/mol. The van der Waals surface area contributed by atoms with Crippen LogP contribution in [0.1, 0.15) is 18.1 Å². The van der Waals surface area contributed by atoms with Gasteiger partial charge in [0.05, 0.1) is 18.5 Å². The van der Waals surface area contributed by atoms with E-state index in [-0.39, 0.29) is 0 Å². The average molecular weight is 453 g/mol. The SMILES string of the molecule is COc1ccc(-c2csc(N/N=C(/C)c3cn(Cc4ccccc4)c4ccccc34)n2)cc1. The highest BCUT2D eigenvalue weighted by molar-refractivity contribution is 7.14. The Kier molecular flexibility index (Phi) is 5.91. The lowest BCUT2D eigenvalue weighted by Gasteiger charge is -2.05. The third-order valence-corrected chi connectivity index (χ3v) is 6.33. The number of anilines is 1. The van der Waals surface area contributed by atoms with Crippen molar-refractivity contribution in [1.82, 2.24) is 9.55 Å². The molecule has 5 aromatic rings. The predicted molar refractivity (Wildman–Crippen MR) is 137 cm³/mol. The lowest BCUT2D eigenvalue weighted by molar-refractivity contribution is 0.415. The van der Waals surface area contributed by atoms with Crippen LogP contribution in [0, 0.1) is 0 Å². The molecule has 2 aromatic heterocycles. The number of thiazole rings is 1. The summed E-state index contributed by atoms with van der Waals surface area (Å²) in [5.41, 5.74) is 9.60. The van der Waals surface area contributed by atoms with Crippen LogP contribution in [0.25, 0.3) is 22.2 Å². The van der Waals surface area contributed by atoms with Gasteiger partial charge in [-0.05, 0) is 42.8 Å². The molecule has 0 radical (unpaired) electrons. The molecule has 0 saturated heterocycles. The number of fused-ring (bicyclic) bond motifs is 1. The summed E-state index contributed by atoms with van der Waals surface area (Å²) >= 11 is 1.54. The number of nitrogens with one attached hydrogen (secondary N) is 1. The van der Waals surface area contributed by atoms with Gasteiger partial charge in [0.1, 0.15) is 5.75 Å². The Morgan fingerprint density at radius 2 is 1.76 bits per heavy atom. The summed E-state index contributed by atoms with van der Waals surface area (Å²) in [6.07, 6.45) is 2.18. The molecule has 0 aliphatic rings.